The molecular weight excluding hydrogens is 448 g/mol. The van der Waals surface area contributed by atoms with Gasteiger partial charge < -0.3 is 22.5 Å². The maximum atomic E-state index is 5.90. The van der Waals surface area contributed by atoms with E-state index in [1.807, 2.05) is 22.9 Å². The van der Waals surface area contributed by atoms with E-state index in [1.165, 1.54) is 9.75 Å². The Morgan fingerprint density at radius 3 is 2.03 bits per heavy atom. The standard InChI is InChI=1S/C18H22N12S2/c19-13-23-14(20)27-18(26-13)30(8-6-12-4-2-10-32-12)29-17-25-15(21)24-16(28-17)22-7-5-11-3-1-9-31-11/h1-4,9-10H,5-8H2,(H4,19,20,23,26,27)(H4,21,22,24,25,28,29). The molecule has 4 rings (SSSR count). The summed E-state index contributed by atoms with van der Waals surface area (Å²) in [5.74, 6) is 0.957. The van der Waals surface area contributed by atoms with Crippen molar-refractivity contribution in [1.82, 2.24) is 29.9 Å². The second-order valence-electron chi connectivity index (χ2n) is 6.54. The number of hydrazine groups is 1. The maximum absolute atomic E-state index is 5.90. The number of rotatable bonds is 10. The van der Waals surface area contributed by atoms with E-state index in [9.17, 15) is 0 Å². The molecule has 166 valence electrons. The van der Waals surface area contributed by atoms with Crippen molar-refractivity contribution < 1.29 is 0 Å². The van der Waals surface area contributed by atoms with Gasteiger partial charge in [0, 0.05) is 29.3 Å². The molecule has 0 fully saturated rings. The van der Waals surface area contributed by atoms with Crippen LogP contribution in [-0.4, -0.2) is 43.0 Å². The lowest BCUT2D eigenvalue weighted by atomic mass is 10.3. The molecule has 4 heterocycles. The summed E-state index contributed by atoms with van der Waals surface area (Å²) in [6.07, 6.45) is 1.57. The Bertz CT molecular complexity index is 1110. The summed E-state index contributed by atoms with van der Waals surface area (Å²) in [5, 5.41) is 8.89. The minimum atomic E-state index is 0.0153. The zero-order valence-electron chi connectivity index (χ0n) is 17.0. The fourth-order valence-electron chi connectivity index (χ4n) is 2.80. The Morgan fingerprint density at radius 1 is 0.750 bits per heavy atom. The Hall–Kier alpha value is -3.78. The lowest BCUT2D eigenvalue weighted by Gasteiger charge is -2.23. The molecule has 14 heteroatoms. The number of nitrogens with zero attached hydrogens (tertiary/aromatic N) is 7. The smallest absolute Gasteiger partial charge is 0.251 e. The minimum Gasteiger partial charge on any atom is -0.368 e. The van der Waals surface area contributed by atoms with Crippen molar-refractivity contribution in [3.05, 3.63) is 44.8 Å². The summed E-state index contributed by atoms with van der Waals surface area (Å²) >= 11 is 3.36. The number of hydrogen-bond acceptors (Lipinski definition) is 14. The van der Waals surface area contributed by atoms with E-state index in [1.54, 1.807) is 27.7 Å². The molecule has 0 spiro atoms. The van der Waals surface area contributed by atoms with Crippen molar-refractivity contribution >= 4 is 58.4 Å². The number of nitrogen functional groups attached to an aromatic ring is 3. The lowest BCUT2D eigenvalue weighted by molar-refractivity contribution is 0.816. The van der Waals surface area contributed by atoms with Gasteiger partial charge in [0.05, 0.1) is 0 Å². The highest BCUT2D eigenvalue weighted by Crippen LogP contribution is 2.16. The summed E-state index contributed by atoms with van der Waals surface area (Å²) in [5.41, 5.74) is 20.5. The largest absolute Gasteiger partial charge is 0.368 e. The summed E-state index contributed by atoms with van der Waals surface area (Å²) in [6, 6.07) is 8.15. The predicted octanol–water partition coefficient (Wildman–Crippen LogP) is 1.66. The van der Waals surface area contributed by atoms with Crippen LogP contribution in [0.15, 0.2) is 35.0 Å². The van der Waals surface area contributed by atoms with E-state index in [2.05, 4.69) is 52.8 Å². The van der Waals surface area contributed by atoms with Crippen LogP contribution in [0.5, 0.6) is 0 Å². The van der Waals surface area contributed by atoms with Crippen LogP contribution in [0.2, 0.25) is 0 Å². The predicted molar refractivity (Wildman–Crippen MR) is 128 cm³/mol. The Morgan fingerprint density at radius 2 is 1.38 bits per heavy atom. The van der Waals surface area contributed by atoms with Gasteiger partial charge in [-0.25, -0.2) is 0 Å². The lowest BCUT2D eigenvalue weighted by Crippen LogP contribution is -2.35. The first kappa shape index (κ1) is 21.5. The Kier molecular flexibility index (Phi) is 6.72. The first-order valence-corrected chi connectivity index (χ1v) is 11.4. The Balaban J connectivity index is 1.50. The fourth-order valence-corrected chi connectivity index (χ4v) is 4.20. The summed E-state index contributed by atoms with van der Waals surface area (Å²) in [7, 11) is 0. The second-order valence-corrected chi connectivity index (χ2v) is 8.61. The Labute approximate surface area is 192 Å². The van der Waals surface area contributed by atoms with E-state index < -0.39 is 0 Å². The first-order valence-electron chi connectivity index (χ1n) is 9.66. The van der Waals surface area contributed by atoms with Gasteiger partial charge in [-0.05, 0) is 29.3 Å². The fraction of sp³-hybridized carbons (Fsp3) is 0.222. The molecule has 0 radical (unpaired) electrons. The zero-order valence-corrected chi connectivity index (χ0v) is 18.6. The highest BCUT2D eigenvalue weighted by atomic mass is 32.1. The highest BCUT2D eigenvalue weighted by molar-refractivity contribution is 7.10. The van der Waals surface area contributed by atoms with Gasteiger partial charge >= 0.3 is 0 Å². The van der Waals surface area contributed by atoms with Crippen molar-refractivity contribution in [3.63, 3.8) is 0 Å². The minimum absolute atomic E-state index is 0.0153. The molecule has 0 bridgehead atoms. The molecule has 0 saturated carbocycles. The van der Waals surface area contributed by atoms with Gasteiger partial charge in [0.2, 0.25) is 29.7 Å². The molecule has 0 aliphatic heterocycles. The number of aromatic nitrogens is 6. The quantitative estimate of drug-likeness (QED) is 0.212. The van der Waals surface area contributed by atoms with Crippen LogP contribution in [0.25, 0.3) is 0 Å². The SMILES string of the molecule is Nc1nc(NCCc2cccs2)nc(NN(CCc2cccs2)c2nc(N)nc(N)n2)n1. The summed E-state index contributed by atoms with van der Waals surface area (Å²) in [4.78, 5) is 27.4. The van der Waals surface area contributed by atoms with Crippen molar-refractivity contribution in [2.75, 3.05) is 46.0 Å². The summed E-state index contributed by atoms with van der Waals surface area (Å²) < 4.78 is 0. The molecule has 0 atom stereocenters. The van der Waals surface area contributed by atoms with Crippen molar-refractivity contribution in [1.29, 1.82) is 0 Å². The molecule has 4 aromatic heterocycles. The van der Waals surface area contributed by atoms with Crippen LogP contribution in [-0.2, 0) is 12.8 Å². The number of hydrogen-bond donors (Lipinski definition) is 5. The average molecular weight is 471 g/mol. The monoisotopic (exact) mass is 470 g/mol. The van der Waals surface area contributed by atoms with E-state index in [4.69, 9.17) is 17.2 Å². The van der Waals surface area contributed by atoms with Gasteiger partial charge in [0.25, 0.3) is 5.95 Å². The van der Waals surface area contributed by atoms with Crippen molar-refractivity contribution in [2.45, 2.75) is 12.8 Å². The topological polar surface area (TPSA) is 183 Å². The number of nitrogens with one attached hydrogen (secondary N) is 2. The van der Waals surface area contributed by atoms with Crippen LogP contribution >= 0.6 is 22.7 Å². The molecule has 0 aliphatic rings. The first-order chi connectivity index (χ1) is 15.5. The molecule has 0 saturated heterocycles. The maximum Gasteiger partial charge on any atom is 0.251 e. The third-order valence-corrected chi connectivity index (χ3v) is 6.06. The molecular formula is C18H22N12S2. The van der Waals surface area contributed by atoms with E-state index >= 15 is 0 Å². The van der Waals surface area contributed by atoms with Crippen LogP contribution in [0, 0.1) is 0 Å². The molecule has 0 aromatic carbocycles. The third-order valence-electron chi connectivity index (χ3n) is 4.18. The molecule has 32 heavy (non-hydrogen) atoms. The zero-order chi connectivity index (χ0) is 22.3. The van der Waals surface area contributed by atoms with Crippen LogP contribution in [0.1, 0.15) is 9.75 Å². The molecule has 4 aromatic rings. The highest BCUT2D eigenvalue weighted by Gasteiger charge is 2.15. The van der Waals surface area contributed by atoms with E-state index in [0.29, 0.717) is 19.0 Å². The average Bonchev–Trinajstić information content (AvgIpc) is 3.44. The van der Waals surface area contributed by atoms with Crippen LogP contribution in [0.3, 0.4) is 0 Å². The molecule has 8 N–H and O–H groups in total. The number of thiophene rings is 2. The van der Waals surface area contributed by atoms with Gasteiger partial charge in [0.1, 0.15) is 0 Å². The molecule has 0 aliphatic carbocycles. The molecule has 12 nitrogen and oxygen atoms in total. The number of anilines is 6. The van der Waals surface area contributed by atoms with E-state index in [-0.39, 0.29) is 29.7 Å². The van der Waals surface area contributed by atoms with Gasteiger partial charge in [-0.3, -0.25) is 10.4 Å². The molecule has 0 unspecified atom stereocenters. The number of nitrogens with two attached hydrogens (primary N) is 3. The van der Waals surface area contributed by atoms with E-state index in [0.717, 1.165) is 12.8 Å². The van der Waals surface area contributed by atoms with Gasteiger partial charge in [0.15, 0.2) is 0 Å². The molecule has 0 amide bonds. The van der Waals surface area contributed by atoms with Gasteiger partial charge in [-0.15, -0.1) is 22.7 Å². The van der Waals surface area contributed by atoms with Crippen molar-refractivity contribution in [3.8, 4) is 0 Å². The normalized spacial score (nSPS) is 10.8. The second kappa shape index (κ2) is 10.0. The van der Waals surface area contributed by atoms with Crippen LogP contribution in [0.4, 0.5) is 35.7 Å². The van der Waals surface area contributed by atoms with Crippen LogP contribution < -0.4 is 33.0 Å². The summed E-state index contributed by atoms with van der Waals surface area (Å²) in [6.45, 7) is 1.15. The van der Waals surface area contributed by atoms with Crippen molar-refractivity contribution in [2.24, 2.45) is 0 Å². The third kappa shape index (κ3) is 5.89. The van der Waals surface area contributed by atoms with Gasteiger partial charge in [-0.2, -0.15) is 29.9 Å². The van der Waals surface area contributed by atoms with Gasteiger partial charge in [-0.1, -0.05) is 12.1 Å².